The van der Waals surface area contributed by atoms with Crippen LogP contribution in [-0.2, 0) is 0 Å². The third kappa shape index (κ3) is 5.06. The van der Waals surface area contributed by atoms with Crippen LogP contribution in [0.1, 0.15) is 0 Å². The summed E-state index contributed by atoms with van der Waals surface area (Å²) in [6, 6.07) is 76.6. The van der Waals surface area contributed by atoms with Crippen LogP contribution >= 0.6 is 0 Å². The highest BCUT2D eigenvalue weighted by atomic mass is 28.3. The fraction of sp³-hybridized carbons (Fsp3) is 0. The van der Waals surface area contributed by atoms with Gasteiger partial charge in [-0.25, -0.2) is 4.98 Å². The number of nitrogens with zero attached hydrogens (tertiary/aromatic N) is 2. The van der Waals surface area contributed by atoms with Crippen LogP contribution in [0, 0.1) is 0 Å². The lowest BCUT2D eigenvalue weighted by Gasteiger charge is -2.35. The van der Waals surface area contributed by atoms with E-state index in [1.807, 2.05) is 18.2 Å². The maximum atomic E-state index is 6.80. The smallest absolute Gasteiger partial charge is 0.262 e. The van der Waals surface area contributed by atoms with Crippen molar-refractivity contribution in [2.24, 2.45) is 0 Å². The number of fused-ring (bicyclic) bond motifs is 7. The zero-order chi connectivity index (χ0) is 38.9. The molecular formula is C53H35BN2O2Si. The van der Waals surface area contributed by atoms with Crippen molar-refractivity contribution in [2.45, 2.75) is 0 Å². The van der Waals surface area contributed by atoms with E-state index in [2.05, 4.69) is 199 Å². The monoisotopic (exact) mass is 770 g/mol. The SMILES string of the molecule is c1ccc([Si](c2ccccc2)(c2ccccc2)c2ccc(-c3cc4c5c(n3)Oc3ccccc3B5c3ccccc3O4)c(-n3c4ccccc4c4ccccc43)c2)cc1. The molecule has 0 unspecified atom stereocenters. The van der Waals surface area contributed by atoms with Gasteiger partial charge in [0.2, 0.25) is 5.88 Å². The van der Waals surface area contributed by atoms with Crippen molar-refractivity contribution in [2.75, 3.05) is 0 Å². The Morgan fingerprint density at radius 2 is 0.915 bits per heavy atom. The Morgan fingerprint density at radius 1 is 0.424 bits per heavy atom. The number of rotatable bonds is 6. The van der Waals surface area contributed by atoms with Gasteiger partial charge in [0.15, 0.2) is 8.07 Å². The predicted molar refractivity (Wildman–Crippen MR) is 245 cm³/mol. The lowest BCUT2D eigenvalue weighted by Crippen LogP contribution is -2.74. The van der Waals surface area contributed by atoms with Crippen molar-refractivity contribution >= 4 is 73.7 Å². The summed E-state index contributed by atoms with van der Waals surface area (Å²) in [5.74, 6) is 3.02. The van der Waals surface area contributed by atoms with E-state index in [-0.39, 0.29) is 6.71 Å². The normalized spacial score (nSPS) is 12.6. The van der Waals surface area contributed by atoms with E-state index >= 15 is 0 Å². The standard InChI is InChI=1S/C53H35BN2O2Si/c1-4-18-36(19-5-1)59(37-20-6-2-7-21-37,38-22-8-3-9-23-38)39-32-33-42(48(34-39)56-46-28-14-10-24-40(46)41-25-11-15-29-47(41)56)45-35-51-52-53(55-45)58-50-31-17-13-27-44(50)54(52)43-26-12-16-30-49(43)57-51/h1-35H. The molecule has 0 N–H and O–H groups in total. The second kappa shape index (κ2) is 13.3. The van der Waals surface area contributed by atoms with Crippen LogP contribution in [0.5, 0.6) is 23.1 Å². The molecule has 4 nitrogen and oxygen atoms in total. The third-order valence-electron chi connectivity index (χ3n) is 12.3. The van der Waals surface area contributed by atoms with Gasteiger partial charge in [-0.2, -0.15) is 0 Å². The molecule has 0 atom stereocenters. The molecule has 0 radical (unpaired) electrons. The molecule has 2 aromatic heterocycles. The minimum Gasteiger partial charge on any atom is -0.458 e. The summed E-state index contributed by atoms with van der Waals surface area (Å²) in [6.45, 7) is -0.0510. The minimum absolute atomic E-state index is 0.0510. The molecule has 12 rings (SSSR count). The summed E-state index contributed by atoms with van der Waals surface area (Å²) in [4.78, 5) is 5.44. The quantitative estimate of drug-likeness (QED) is 0.127. The molecule has 4 heterocycles. The number of aromatic nitrogens is 2. The Bertz CT molecular complexity index is 3020. The summed E-state index contributed by atoms with van der Waals surface area (Å²) < 4.78 is 16.0. The van der Waals surface area contributed by atoms with E-state index < -0.39 is 8.07 Å². The van der Waals surface area contributed by atoms with Crippen molar-refractivity contribution in [1.82, 2.24) is 9.55 Å². The van der Waals surface area contributed by atoms with Crippen molar-refractivity contribution in [3.05, 3.63) is 212 Å². The molecular weight excluding hydrogens is 735 g/mol. The van der Waals surface area contributed by atoms with E-state index in [1.54, 1.807) is 0 Å². The van der Waals surface area contributed by atoms with E-state index in [0.29, 0.717) is 5.88 Å². The zero-order valence-corrected chi connectivity index (χ0v) is 33.0. The summed E-state index contributed by atoms with van der Waals surface area (Å²) in [5.41, 5.74) is 8.27. The highest BCUT2D eigenvalue weighted by Crippen LogP contribution is 2.40. The van der Waals surface area contributed by atoms with Crippen LogP contribution in [-0.4, -0.2) is 24.3 Å². The number of ether oxygens (including phenoxy) is 2. The van der Waals surface area contributed by atoms with Crippen LogP contribution < -0.4 is 46.6 Å². The van der Waals surface area contributed by atoms with Gasteiger partial charge >= 0.3 is 0 Å². The van der Waals surface area contributed by atoms with Gasteiger partial charge in [-0.05, 0) is 62.0 Å². The van der Waals surface area contributed by atoms with Crippen molar-refractivity contribution in [1.29, 1.82) is 0 Å². The number of hydrogen-bond acceptors (Lipinski definition) is 3. The Hall–Kier alpha value is -7.41. The van der Waals surface area contributed by atoms with E-state index in [0.717, 1.165) is 61.6 Å². The number of hydrogen-bond donors (Lipinski definition) is 0. The van der Waals surface area contributed by atoms with E-state index in [4.69, 9.17) is 14.5 Å². The summed E-state index contributed by atoms with van der Waals surface area (Å²) in [7, 11) is -2.91. The molecule has 6 heteroatoms. The lowest BCUT2D eigenvalue weighted by atomic mass is 9.35. The maximum Gasteiger partial charge on any atom is 0.262 e. The van der Waals surface area contributed by atoms with Crippen LogP contribution in [0.2, 0.25) is 0 Å². The van der Waals surface area contributed by atoms with Crippen molar-refractivity contribution in [3.8, 4) is 40.1 Å². The first-order valence-electron chi connectivity index (χ1n) is 20.2. The molecule has 0 fully saturated rings. The molecule has 276 valence electrons. The summed E-state index contributed by atoms with van der Waals surface area (Å²) in [5, 5.41) is 7.64. The highest BCUT2D eigenvalue weighted by molar-refractivity contribution is 7.20. The fourth-order valence-corrected chi connectivity index (χ4v) is 14.6. The average Bonchev–Trinajstić information content (AvgIpc) is 3.64. The first-order valence-corrected chi connectivity index (χ1v) is 22.2. The van der Waals surface area contributed by atoms with Gasteiger partial charge in [-0.3, -0.25) is 0 Å². The Kier molecular flexibility index (Phi) is 7.62. The molecule has 0 spiro atoms. The Balaban J connectivity index is 1.18. The third-order valence-corrected chi connectivity index (χ3v) is 17.1. The van der Waals surface area contributed by atoms with Gasteiger partial charge in [-0.1, -0.05) is 176 Å². The second-order valence-corrected chi connectivity index (χ2v) is 19.2. The zero-order valence-electron chi connectivity index (χ0n) is 32.0. The molecule has 10 aromatic rings. The van der Waals surface area contributed by atoms with Gasteiger partial charge in [0.05, 0.1) is 22.4 Å². The molecule has 0 bridgehead atoms. The molecule has 8 aromatic carbocycles. The average molecular weight is 771 g/mol. The number of pyridine rings is 1. The maximum absolute atomic E-state index is 6.80. The summed E-state index contributed by atoms with van der Waals surface area (Å²) >= 11 is 0. The second-order valence-electron chi connectivity index (χ2n) is 15.4. The van der Waals surface area contributed by atoms with Crippen molar-refractivity contribution < 1.29 is 9.47 Å². The van der Waals surface area contributed by atoms with Gasteiger partial charge in [0.25, 0.3) is 6.71 Å². The minimum atomic E-state index is -2.91. The van der Waals surface area contributed by atoms with Crippen LogP contribution in [0.15, 0.2) is 212 Å². The van der Waals surface area contributed by atoms with Gasteiger partial charge in [0.1, 0.15) is 17.2 Å². The topological polar surface area (TPSA) is 36.3 Å². The largest absolute Gasteiger partial charge is 0.458 e. The highest BCUT2D eigenvalue weighted by Gasteiger charge is 2.43. The predicted octanol–water partition coefficient (Wildman–Crippen LogP) is 7.95. The molecule has 59 heavy (non-hydrogen) atoms. The first-order chi connectivity index (χ1) is 29.3. The molecule has 0 aliphatic carbocycles. The van der Waals surface area contributed by atoms with Crippen LogP contribution in [0.3, 0.4) is 0 Å². The molecule has 0 amide bonds. The van der Waals surface area contributed by atoms with Gasteiger partial charge in [-0.15, -0.1) is 0 Å². The fourth-order valence-electron chi connectivity index (χ4n) is 9.81. The first kappa shape index (κ1) is 33.7. The van der Waals surface area contributed by atoms with Gasteiger partial charge < -0.3 is 14.0 Å². The Morgan fingerprint density at radius 3 is 1.49 bits per heavy atom. The molecule has 0 saturated heterocycles. The van der Waals surface area contributed by atoms with Gasteiger partial charge in [0, 0.05) is 27.9 Å². The molecule has 2 aliphatic heterocycles. The van der Waals surface area contributed by atoms with E-state index in [1.165, 1.54) is 31.5 Å². The van der Waals surface area contributed by atoms with Crippen LogP contribution in [0.4, 0.5) is 0 Å². The summed E-state index contributed by atoms with van der Waals surface area (Å²) in [6.07, 6.45) is 0. The Labute approximate surface area is 343 Å². The van der Waals surface area contributed by atoms with Crippen LogP contribution in [0.25, 0.3) is 38.8 Å². The number of para-hydroxylation sites is 4. The molecule has 2 aliphatic rings. The molecule has 0 saturated carbocycles. The lowest BCUT2D eigenvalue weighted by molar-refractivity contribution is 0.451. The van der Waals surface area contributed by atoms with Crippen molar-refractivity contribution in [3.63, 3.8) is 0 Å². The van der Waals surface area contributed by atoms with E-state index in [9.17, 15) is 0 Å². The number of benzene rings is 8.